The number of anilines is 1. The largest absolute Gasteiger partial charge is 0.387 e. The Kier molecular flexibility index (Phi) is 3.64. The minimum atomic E-state index is 0.0812. The van der Waals surface area contributed by atoms with Gasteiger partial charge in [-0.05, 0) is 25.5 Å². The molecule has 3 rings (SSSR count). The van der Waals surface area contributed by atoms with Gasteiger partial charge in [0.05, 0.1) is 24.1 Å². The number of aromatic nitrogens is 2. The summed E-state index contributed by atoms with van der Waals surface area (Å²) < 4.78 is 2.13. The fraction of sp³-hybridized carbons (Fsp3) is 0.375. The standard InChI is InChI=1S/C16H20N4O/c1-12-4-5-15(17-2)14(8-12)16(21)19-6-3-7-20-11-18-9-13(20)10-19/h4-5,8-9,11,17H,3,6-7,10H2,1-2H3. The van der Waals surface area contributed by atoms with Gasteiger partial charge in [0.25, 0.3) is 5.91 Å². The highest BCUT2D eigenvalue weighted by Gasteiger charge is 2.22. The van der Waals surface area contributed by atoms with Gasteiger partial charge in [0, 0.05) is 32.0 Å². The third-order valence-electron chi connectivity index (χ3n) is 3.94. The summed E-state index contributed by atoms with van der Waals surface area (Å²) in [6, 6.07) is 5.93. The van der Waals surface area contributed by atoms with E-state index in [1.165, 1.54) is 0 Å². The average molecular weight is 284 g/mol. The maximum Gasteiger partial charge on any atom is 0.256 e. The van der Waals surface area contributed by atoms with Crippen LogP contribution in [0.3, 0.4) is 0 Å². The Bertz CT molecular complexity index is 662. The van der Waals surface area contributed by atoms with Crippen molar-refractivity contribution in [2.75, 3.05) is 18.9 Å². The summed E-state index contributed by atoms with van der Waals surface area (Å²) in [4.78, 5) is 19.0. The van der Waals surface area contributed by atoms with Gasteiger partial charge in [-0.15, -0.1) is 0 Å². The van der Waals surface area contributed by atoms with Crippen LogP contribution in [0.1, 0.15) is 28.0 Å². The van der Waals surface area contributed by atoms with Crippen LogP contribution in [0, 0.1) is 6.92 Å². The monoisotopic (exact) mass is 284 g/mol. The number of aryl methyl sites for hydroxylation is 2. The molecular weight excluding hydrogens is 264 g/mol. The van der Waals surface area contributed by atoms with E-state index in [0.717, 1.165) is 42.0 Å². The van der Waals surface area contributed by atoms with Crippen molar-refractivity contribution < 1.29 is 4.79 Å². The second-order valence-corrected chi connectivity index (χ2v) is 5.46. The minimum Gasteiger partial charge on any atom is -0.387 e. The van der Waals surface area contributed by atoms with E-state index in [1.807, 2.05) is 49.6 Å². The number of hydrogen-bond acceptors (Lipinski definition) is 3. The third kappa shape index (κ3) is 2.63. The Hall–Kier alpha value is -2.30. The first-order chi connectivity index (χ1) is 10.2. The van der Waals surface area contributed by atoms with Crippen molar-refractivity contribution in [3.63, 3.8) is 0 Å². The molecule has 0 unspecified atom stereocenters. The zero-order chi connectivity index (χ0) is 14.8. The molecule has 1 N–H and O–H groups in total. The Morgan fingerprint density at radius 2 is 2.19 bits per heavy atom. The van der Waals surface area contributed by atoms with Crippen molar-refractivity contribution in [1.29, 1.82) is 0 Å². The summed E-state index contributed by atoms with van der Waals surface area (Å²) in [7, 11) is 1.85. The first kappa shape index (κ1) is 13.7. The summed E-state index contributed by atoms with van der Waals surface area (Å²) in [5.74, 6) is 0.0812. The molecule has 0 spiro atoms. The number of fused-ring (bicyclic) bond motifs is 1. The number of nitrogens with zero attached hydrogens (tertiary/aromatic N) is 3. The van der Waals surface area contributed by atoms with Crippen LogP contribution in [0.15, 0.2) is 30.7 Å². The highest BCUT2D eigenvalue weighted by Crippen LogP contribution is 2.21. The summed E-state index contributed by atoms with van der Waals surface area (Å²) in [5.41, 5.74) is 3.81. The van der Waals surface area contributed by atoms with Gasteiger partial charge in [-0.2, -0.15) is 0 Å². The molecule has 5 heteroatoms. The van der Waals surface area contributed by atoms with Crippen LogP contribution in [0.4, 0.5) is 5.69 Å². The van der Waals surface area contributed by atoms with E-state index < -0.39 is 0 Å². The lowest BCUT2D eigenvalue weighted by atomic mass is 10.1. The van der Waals surface area contributed by atoms with E-state index in [1.54, 1.807) is 0 Å². The fourth-order valence-corrected chi connectivity index (χ4v) is 2.78. The molecule has 1 amide bonds. The number of rotatable bonds is 2. The molecule has 2 heterocycles. The maximum atomic E-state index is 12.9. The normalized spacial score (nSPS) is 14.5. The molecule has 0 atom stereocenters. The lowest BCUT2D eigenvalue weighted by Gasteiger charge is -2.22. The van der Waals surface area contributed by atoms with Gasteiger partial charge < -0.3 is 14.8 Å². The van der Waals surface area contributed by atoms with Crippen molar-refractivity contribution in [1.82, 2.24) is 14.5 Å². The van der Waals surface area contributed by atoms with Gasteiger partial charge in [-0.25, -0.2) is 4.98 Å². The number of amides is 1. The molecule has 1 aliphatic rings. The molecule has 0 radical (unpaired) electrons. The molecule has 110 valence electrons. The van der Waals surface area contributed by atoms with Crippen LogP contribution >= 0.6 is 0 Å². The molecule has 5 nitrogen and oxygen atoms in total. The van der Waals surface area contributed by atoms with E-state index in [9.17, 15) is 4.79 Å². The molecule has 0 saturated carbocycles. The van der Waals surface area contributed by atoms with Gasteiger partial charge in [0.2, 0.25) is 0 Å². The van der Waals surface area contributed by atoms with Crippen molar-refractivity contribution >= 4 is 11.6 Å². The predicted octanol–water partition coefficient (Wildman–Crippen LogP) is 2.28. The molecule has 0 bridgehead atoms. The second kappa shape index (κ2) is 5.60. The smallest absolute Gasteiger partial charge is 0.256 e. The Labute approximate surface area is 124 Å². The summed E-state index contributed by atoms with van der Waals surface area (Å²) in [5, 5.41) is 3.11. The Balaban J connectivity index is 1.90. The highest BCUT2D eigenvalue weighted by atomic mass is 16.2. The van der Waals surface area contributed by atoms with Crippen molar-refractivity contribution in [3.8, 4) is 0 Å². The quantitative estimate of drug-likeness (QED) is 0.920. The molecule has 0 fully saturated rings. The third-order valence-corrected chi connectivity index (χ3v) is 3.94. The van der Waals surface area contributed by atoms with Gasteiger partial charge >= 0.3 is 0 Å². The number of carbonyl (C=O) groups excluding carboxylic acids is 1. The second-order valence-electron chi connectivity index (χ2n) is 5.46. The summed E-state index contributed by atoms with van der Waals surface area (Å²) in [6.07, 6.45) is 4.64. The predicted molar refractivity (Wildman–Crippen MR) is 82.3 cm³/mol. The van der Waals surface area contributed by atoms with E-state index in [-0.39, 0.29) is 5.91 Å². The number of hydrogen-bond donors (Lipinski definition) is 1. The number of benzene rings is 1. The van der Waals surface area contributed by atoms with Crippen molar-refractivity contribution in [2.45, 2.75) is 26.4 Å². The first-order valence-electron chi connectivity index (χ1n) is 7.25. The van der Waals surface area contributed by atoms with Crippen LogP contribution < -0.4 is 5.32 Å². The van der Waals surface area contributed by atoms with Gasteiger partial charge in [0.15, 0.2) is 0 Å². The zero-order valence-electron chi connectivity index (χ0n) is 12.5. The minimum absolute atomic E-state index is 0.0812. The van der Waals surface area contributed by atoms with Crippen LogP contribution in [-0.2, 0) is 13.1 Å². The molecule has 21 heavy (non-hydrogen) atoms. The highest BCUT2D eigenvalue weighted by molar-refractivity contribution is 5.99. The number of imidazole rings is 1. The maximum absolute atomic E-state index is 12.9. The fourth-order valence-electron chi connectivity index (χ4n) is 2.78. The van der Waals surface area contributed by atoms with Gasteiger partial charge in [0.1, 0.15) is 0 Å². The van der Waals surface area contributed by atoms with Crippen molar-refractivity contribution in [3.05, 3.63) is 47.5 Å². The van der Waals surface area contributed by atoms with Crippen LogP contribution in [-0.4, -0.2) is 34.0 Å². The average Bonchev–Trinajstić information content (AvgIpc) is 2.83. The number of carbonyl (C=O) groups is 1. The SMILES string of the molecule is CNc1ccc(C)cc1C(=O)N1CCCn2cncc2C1. The topological polar surface area (TPSA) is 50.2 Å². The molecule has 1 aliphatic heterocycles. The van der Waals surface area contributed by atoms with E-state index in [0.29, 0.717) is 6.54 Å². The molecule has 0 saturated heterocycles. The molecule has 2 aromatic rings. The van der Waals surface area contributed by atoms with Crippen LogP contribution in [0.2, 0.25) is 0 Å². The van der Waals surface area contributed by atoms with E-state index in [2.05, 4.69) is 14.9 Å². The lowest BCUT2D eigenvalue weighted by Crippen LogP contribution is -2.31. The lowest BCUT2D eigenvalue weighted by molar-refractivity contribution is 0.0746. The van der Waals surface area contributed by atoms with E-state index in [4.69, 9.17) is 0 Å². The molecular formula is C16H20N4O. The molecule has 1 aromatic heterocycles. The Morgan fingerprint density at radius 1 is 1.33 bits per heavy atom. The van der Waals surface area contributed by atoms with Crippen LogP contribution in [0.5, 0.6) is 0 Å². The molecule has 0 aliphatic carbocycles. The Morgan fingerprint density at radius 3 is 3.00 bits per heavy atom. The van der Waals surface area contributed by atoms with Gasteiger partial charge in [-0.1, -0.05) is 11.6 Å². The van der Waals surface area contributed by atoms with Gasteiger partial charge in [-0.3, -0.25) is 4.79 Å². The van der Waals surface area contributed by atoms with Crippen LogP contribution in [0.25, 0.3) is 0 Å². The van der Waals surface area contributed by atoms with E-state index >= 15 is 0 Å². The molecule has 1 aromatic carbocycles. The summed E-state index contributed by atoms with van der Waals surface area (Å²) >= 11 is 0. The first-order valence-corrected chi connectivity index (χ1v) is 7.25. The zero-order valence-corrected chi connectivity index (χ0v) is 12.5. The number of nitrogens with one attached hydrogen (secondary N) is 1. The summed E-state index contributed by atoms with van der Waals surface area (Å²) in [6.45, 7) is 4.33. The van der Waals surface area contributed by atoms with Crippen molar-refractivity contribution in [2.24, 2.45) is 0 Å².